The number of hydrogen-bond acceptors (Lipinski definition) is 3. The number of rotatable bonds is 7. The highest BCUT2D eigenvalue weighted by atomic mass is 35.5. The Balaban J connectivity index is 1.46. The van der Waals surface area contributed by atoms with Crippen molar-refractivity contribution in [2.45, 2.75) is 32.0 Å². The third kappa shape index (κ3) is 4.49. The number of carbonyl (C=O) groups excluding carboxylic acids is 2. The van der Waals surface area contributed by atoms with Crippen molar-refractivity contribution in [3.8, 4) is 11.5 Å². The Labute approximate surface area is 209 Å². The Morgan fingerprint density at radius 3 is 2.43 bits per heavy atom. The van der Waals surface area contributed by atoms with Crippen molar-refractivity contribution >= 4 is 23.4 Å². The van der Waals surface area contributed by atoms with Crippen LogP contribution < -0.4 is 5.32 Å². The zero-order valence-electron chi connectivity index (χ0n) is 19.4. The zero-order valence-corrected chi connectivity index (χ0v) is 20.2. The lowest BCUT2D eigenvalue weighted by atomic mass is 9.93. The van der Waals surface area contributed by atoms with Crippen molar-refractivity contribution in [1.29, 1.82) is 0 Å². The van der Waals surface area contributed by atoms with Crippen LogP contribution in [0.25, 0.3) is 11.5 Å². The molecule has 35 heavy (non-hydrogen) atoms. The summed E-state index contributed by atoms with van der Waals surface area (Å²) in [6.45, 7) is 2.94. The summed E-state index contributed by atoms with van der Waals surface area (Å²) in [6, 6.07) is 24.6. The first-order valence-corrected chi connectivity index (χ1v) is 12.0. The van der Waals surface area contributed by atoms with E-state index in [2.05, 4.69) is 5.32 Å². The Morgan fingerprint density at radius 2 is 1.71 bits per heavy atom. The van der Waals surface area contributed by atoms with Crippen molar-refractivity contribution in [1.82, 2.24) is 14.8 Å². The molecule has 1 N–H and O–H groups in total. The van der Waals surface area contributed by atoms with Crippen LogP contribution in [0, 0.1) is 0 Å². The SMILES string of the molecule is C[C@]1(C(=O)NCc2ccccc2)Cn2c(ccc2-c2ccco2)C(=O)N1CCc1ccc(Cl)cc1. The quantitative estimate of drug-likeness (QED) is 0.391. The third-order valence-electron chi connectivity index (χ3n) is 6.60. The van der Waals surface area contributed by atoms with Gasteiger partial charge < -0.3 is 19.2 Å². The Kier molecular flexibility index (Phi) is 6.22. The van der Waals surface area contributed by atoms with Crippen LogP contribution in [0.4, 0.5) is 0 Å². The Hall–Kier alpha value is -3.77. The molecule has 5 rings (SSSR count). The highest BCUT2D eigenvalue weighted by Crippen LogP contribution is 2.33. The monoisotopic (exact) mass is 487 g/mol. The molecule has 0 saturated heterocycles. The number of hydrogen-bond donors (Lipinski definition) is 1. The van der Waals surface area contributed by atoms with E-state index in [1.54, 1.807) is 17.2 Å². The molecule has 1 aliphatic rings. The minimum Gasteiger partial charge on any atom is -0.463 e. The summed E-state index contributed by atoms with van der Waals surface area (Å²) in [5.41, 5.74) is 2.27. The number of fused-ring (bicyclic) bond motifs is 1. The van der Waals surface area contributed by atoms with Crippen molar-refractivity contribution in [2.24, 2.45) is 0 Å². The number of nitrogens with one attached hydrogen (secondary N) is 1. The number of carbonyl (C=O) groups is 2. The summed E-state index contributed by atoms with van der Waals surface area (Å²) in [5, 5.41) is 3.72. The van der Waals surface area contributed by atoms with Gasteiger partial charge in [-0.2, -0.15) is 0 Å². The molecule has 7 heteroatoms. The van der Waals surface area contributed by atoms with E-state index in [0.29, 0.717) is 42.5 Å². The van der Waals surface area contributed by atoms with E-state index < -0.39 is 5.54 Å². The van der Waals surface area contributed by atoms with Gasteiger partial charge in [-0.15, -0.1) is 0 Å². The second-order valence-electron chi connectivity index (χ2n) is 8.94. The van der Waals surface area contributed by atoms with E-state index in [-0.39, 0.29) is 11.8 Å². The van der Waals surface area contributed by atoms with Gasteiger partial charge in [0.15, 0.2) is 0 Å². The summed E-state index contributed by atoms with van der Waals surface area (Å²) < 4.78 is 7.49. The Bertz CT molecular complexity index is 1330. The lowest BCUT2D eigenvalue weighted by molar-refractivity contribution is -0.133. The molecule has 0 bridgehead atoms. The molecule has 2 aromatic carbocycles. The van der Waals surface area contributed by atoms with E-state index in [0.717, 1.165) is 16.8 Å². The topological polar surface area (TPSA) is 67.5 Å². The van der Waals surface area contributed by atoms with Gasteiger partial charge in [0, 0.05) is 18.1 Å². The van der Waals surface area contributed by atoms with Crippen molar-refractivity contribution < 1.29 is 14.0 Å². The number of nitrogens with zero attached hydrogens (tertiary/aromatic N) is 2. The third-order valence-corrected chi connectivity index (χ3v) is 6.85. The van der Waals surface area contributed by atoms with E-state index in [1.165, 1.54) is 0 Å². The molecule has 3 heterocycles. The molecule has 0 spiro atoms. The molecule has 0 saturated carbocycles. The molecule has 0 unspecified atom stereocenters. The zero-order chi connectivity index (χ0) is 24.4. The highest BCUT2D eigenvalue weighted by Gasteiger charge is 2.47. The van der Waals surface area contributed by atoms with Crippen molar-refractivity contribution in [3.63, 3.8) is 0 Å². The maximum atomic E-state index is 13.7. The fourth-order valence-corrected chi connectivity index (χ4v) is 4.75. The van der Waals surface area contributed by atoms with Crippen LogP contribution in [0.1, 0.15) is 28.5 Å². The van der Waals surface area contributed by atoms with E-state index in [4.69, 9.17) is 16.0 Å². The molecule has 0 fully saturated rings. The van der Waals surface area contributed by atoms with Gasteiger partial charge in [0.05, 0.1) is 18.5 Å². The van der Waals surface area contributed by atoms with Crippen LogP contribution in [-0.2, 0) is 24.3 Å². The van der Waals surface area contributed by atoms with Gasteiger partial charge in [0.1, 0.15) is 17.0 Å². The van der Waals surface area contributed by atoms with Gasteiger partial charge in [-0.05, 0) is 60.9 Å². The first kappa shape index (κ1) is 23.0. The van der Waals surface area contributed by atoms with Gasteiger partial charge in [-0.25, -0.2) is 0 Å². The molecule has 2 aromatic heterocycles. The molecule has 4 aromatic rings. The van der Waals surface area contributed by atoms with Gasteiger partial charge >= 0.3 is 0 Å². The predicted molar refractivity (Wildman–Crippen MR) is 135 cm³/mol. The summed E-state index contributed by atoms with van der Waals surface area (Å²) in [7, 11) is 0. The van der Waals surface area contributed by atoms with Gasteiger partial charge in [0.2, 0.25) is 5.91 Å². The molecular weight excluding hydrogens is 462 g/mol. The van der Waals surface area contributed by atoms with Gasteiger partial charge in [0.25, 0.3) is 5.91 Å². The Morgan fingerprint density at radius 1 is 0.971 bits per heavy atom. The van der Waals surface area contributed by atoms with Crippen LogP contribution in [-0.4, -0.2) is 33.4 Å². The molecule has 6 nitrogen and oxygen atoms in total. The van der Waals surface area contributed by atoms with Crippen molar-refractivity contribution in [2.75, 3.05) is 6.54 Å². The fourth-order valence-electron chi connectivity index (χ4n) is 4.62. The summed E-state index contributed by atoms with van der Waals surface area (Å²) in [4.78, 5) is 29.1. The first-order valence-electron chi connectivity index (χ1n) is 11.6. The maximum Gasteiger partial charge on any atom is 0.271 e. The first-order chi connectivity index (χ1) is 17.0. The second-order valence-corrected chi connectivity index (χ2v) is 9.38. The van der Waals surface area contributed by atoms with Gasteiger partial charge in [-0.3, -0.25) is 9.59 Å². The van der Waals surface area contributed by atoms with E-state index in [9.17, 15) is 9.59 Å². The molecule has 0 aliphatic carbocycles. The van der Waals surface area contributed by atoms with Crippen molar-refractivity contribution in [3.05, 3.63) is 107 Å². The van der Waals surface area contributed by atoms with E-state index in [1.807, 2.05) is 84.3 Å². The fraction of sp³-hybridized carbons (Fsp3) is 0.214. The molecule has 178 valence electrons. The molecule has 2 amide bonds. The number of halogens is 1. The van der Waals surface area contributed by atoms with E-state index >= 15 is 0 Å². The molecular formula is C28H26ClN3O3. The van der Waals surface area contributed by atoms with Crippen LogP contribution in [0.3, 0.4) is 0 Å². The highest BCUT2D eigenvalue weighted by molar-refractivity contribution is 6.30. The van der Waals surface area contributed by atoms with Crippen LogP contribution in [0.15, 0.2) is 89.5 Å². The largest absolute Gasteiger partial charge is 0.463 e. The predicted octanol–water partition coefficient (Wildman–Crippen LogP) is 5.18. The summed E-state index contributed by atoms with van der Waals surface area (Å²) >= 11 is 6.03. The maximum absolute atomic E-state index is 13.7. The molecule has 0 radical (unpaired) electrons. The smallest absolute Gasteiger partial charge is 0.271 e. The van der Waals surface area contributed by atoms with Crippen LogP contribution in [0.2, 0.25) is 5.02 Å². The van der Waals surface area contributed by atoms with Gasteiger partial charge in [-0.1, -0.05) is 54.1 Å². The van der Waals surface area contributed by atoms with Crippen LogP contribution in [0.5, 0.6) is 0 Å². The summed E-state index contributed by atoms with van der Waals surface area (Å²) in [6.07, 6.45) is 2.21. The average molecular weight is 488 g/mol. The standard InChI is InChI=1S/C28H26ClN3O3/c1-28(27(34)30-18-21-6-3-2-4-7-21)19-31-23(25-8-5-17-35-25)13-14-24(31)26(33)32(28)16-15-20-9-11-22(29)12-10-20/h2-14,17H,15-16,18-19H2,1H3,(H,30,34)/t28-/m1/s1. The normalized spacial score (nSPS) is 17.3. The molecule has 1 aliphatic heterocycles. The number of amides is 2. The number of furan rings is 1. The van der Waals surface area contributed by atoms with Crippen LogP contribution >= 0.6 is 11.6 Å². The molecule has 1 atom stereocenters. The summed E-state index contributed by atoms with van der Waals surface area (Å²) in [5.74, 6) is 0.279. The average Bonchev–Trinajstić information content (AvgIpc) is 3.54. The number of aromatic nitrogens is 1. The minimum atomic E-state index is -1.09. The lowest BCUT2D eigenvalue weighted by Crippen LogP contribution is -2.64. The minimum absolute atomic E-state index is 0.180. The lowest BCUT2D eigenvalue weighted by Gasteiger charge is -2.44. The number of benzene rings is 2. The second kappa shape index (κ2) is 9.47.